The fourth-order valence-corrected chi connectivity index (χ4v) is 1.93. The number of carbonyl (C=O) groups is 1. The first-order chi connectivity index (χ1) is 8.22. The molecule has 1 aliphatic heterocycles. The fourth-order valence-electron chi connectivity index (χ4n) is 1.84. The molecule has 1 unspecified atom stereocenters. The van der Waals surface area contributed by atoms with Gasteiger partial charge in [0.15, 0.2) is 6.10 Å². The second-order valence-corrected chi connectivity index (χ2v) is 4.12. The van der Waals surface area contributed by atoms with E-state index in [1.807, 2.05) is 6.07 Å². The summed E-state index contributed by atoms with van der Waals surface area (Å²) in [5.41, 5.74) is 1.66. The van der Waals surface area contributed by atoms with E-state index < -0.39 is 12.1 Å². The first-order valence-corrected chi connectivity index (χ1v) is 5.92. The topological polar surface area (TPSA) is 55.8 Å². The van der Waals surface area contributed by atoms with E-state index in [2.05, 4.69) is 0 Å². The number of rotatable bonds is 5. The van der Waals surface area contributed by atoms with Gasteiger partial charge in [-0.25, -0.2) is 4.79 Å². The zero-order valence-corrected chi connectivity index (χ0v) is 9.94. The molecule has 0 aromatic heterocycles. The number of hydrogen-bond donors (Lipinski definition) is 1. The molecule has 0 saturated heterocycles. The highest BCUT2D eigenvalue weighted by Gasteiger charge is 2.22. The summed E-state index contributed by atoms with van der Waals surface area (Å²) < 4.78 is 10.6. The van der Waals surface area contributed by atoms with Crippen molar-refractivity contribution in [2.75, 3.05) is 19.1 Å². The average Bonchev–Trinajstić information content (AvgIpc) is 2.76. The van der Waals surface area contributed by atoms with Gasteiger partial charge in [0.25, 0.3) is 0 Å². The van der Waals surface area contributed by atoms with Gasteiger partial charge in [0.1, 0.15) is 5.75 Å². The third-order valence-electron chi connectivity index (χ3n) is 2.60. The van der Waals surface area contributed by atoms with Crippen molar-refractivity contribution in [3.05, 3.63) is 29.3 Å². The van der Waals surface area contributed by atoms with E-state index in [-0.39, 0.29) is 12.5 Å². The summed E-state index contributed by atoms with van der Waals surface area (Å²) in [6, 6.07) is 5.34. The summed E-state index contributed by atoms with van der Waals surface area (Å²) in [7, 11) is 0. The first-order valence-electron chi connectivity index (χ1n) is 5.38. The van der Waals surface area contributed by atoms with Crippen LogP contribution in [-0.2, 0) is 16.0 Å². The molecule has 0 bridgehead atoms. The van der Waals surface area contributed by atoms with E-state index in [0.717, 1.165) is 17.7 Å². The zero-order chi connectivity index (χ0) is 12.3. The molecule has 0 spiro atoms. The molecule has 1 aliphatic rings. The van der Waals surface area contributed by atoms with E-state index in [4.69, 9.17) is 26.2 Å². The van der Waals surface area contributed by atoms with Crippen LogP contribution in [-0.4, -0.2) is 30.2 Å². The summed E-state index contributed by atoms with van der Waals surface area (Å²) in [4.78, 5) is 11.1. The van der Waals surface area contributed by atoms with Crippen LogP contribution in [0.15, 0.2) is 18.2 Å². The summed E-state index contributed by atoms with van der Waals surface area (Å²) in [6.07, 6.45) is -0.148. The lowest BCUT2D eigenvalue weighted by Crippen LogP contribution is -2.16. The molecule has 1 aromatic rings. The van der Waals surface area contributed by atoms with Gasteiger partial charge in [0.2, 0.25) is 0 Å². The van der Waals surface area contributed by atoms with Crippen LogP contribution in [0.5, 0.6) is 5.75 Å². The lowest BCUT2D eigenvalue weighted by atomic mass is 10.0. The number of aliphatic carboxylic acids is 1. The molecule has 0 aliphatic carbocycles. The lowest BCUT2D eigenvalue weighted by molar-refractivity contribution is -0.150. The highest BCUT2D eigenvalue weighted by molar-refractivity contribution is 6.17. The van der Waals surface area contributed by atoms with Gasteiger partial charge >= 0.3 is 5.97 Å². The van der Waals surface area contributed by atoms with Crippen molar-refractivity contribution >= 4 is 17.6 Å². The average molecular weight is 257 g/mol. The molecule has 5 heteroatoms. The standard InChI is InChI=1S/C12H13ClO4/c13-4-6-17-11(12(14)15)9-1-2-10-8(7-9)3-5-16-10/h1-2,7,11H,3-6H2,(H,14,15). The largest absolute Gasteiger partial charge is 0.493 e. The summed E-state index contributed by atoms with van der Waals surface area (Å²) in [5.74, 6) is 0.0990. The van der Waals surface area contributed by atoms with Crippen LogP contribution >= 0.6 is 11.6 Å². The lowest BCUT2D eigenvalue weighted by Gasteiger charge is -2.14. The van der Waals surface area contributed by atoms with E-state index in [1.54, 1.807) is 12.1 Å². The molecule has 0 fully saturated rings. The summed E-state index contributed by atoms with van der Waals surface area (Å²) >= 11 is 5.49. The van der Waals surface area contributed by atoms with Gasteiger partial charge in [0, 0.05) is 12.3 Å². The molecule has 17 heavy (non-hydrogen) atoms. The van der Waals surface area contributed by atoms with Crippen LogP contribution in [0.4, 0.5) is 0 Å². The van der Waals surface area contributed by atoms with Crippen molar-refractivity contribution in [3.63, 3.8) is 0 Å². The molecule has 4 nitrogen and oxygen atoms in total. The molecule has 1 aromatic carbocycles. The van der Waals surface area contributed by atoms with Crippen molar-refractivity contribution in [2.24, 2.45) is 0 Å². The minimum atomic E-state index is -1.01. The highest BCUT2D eigenvalue weighted by Crippen LogP contribution is 2.29. The SMILES string of the molecule is O=C(O)C(OCCCl)c1ccc2c(c1)CCO2. The molecule has 0 saturated carbocycles. The van der Waals surface area contributed by atoms with Crippen LogP contribution in [0, 0.1) is 0 Å². The van der Waals surface area contributed by atoms with Gasteiger partial charge in [0.05, 0.1) is 13.2 Å². The molecule has 2 rings (SSSR count). The van der Waals surface area contributed by atoms with Gasteiger partial charge < -0.3 is 14.6 Å². The Morgan fingerprint density at radius 3 is 3.12 bits per heavy atom. The predicted molar refractivity (Wildman–Crippen MR) is 62.7 cm³/mol. The van der Waals surface area contributed by atoms with Gasteiger partial charge in [-0.05, 0) is 23.3 Å². The monoisotopic (exact) mass is 256 g/mol. The zero-order valence-electron chi connectivity index (χ0n) is 9.19. The second kappa shape index (κ2) is 5.38. The normalized spacial score (nSPS) is 15.1. The molecular weight excluding hydrogens is 244 g/mol. The summed E-state index contributed by atoms with van der Waals surface area (Å²) in [5, 5.41) is 9.10. The number of benzene rings is 1. The van der Waals surface area contributed by atoms with E-state index in [9.17, 15) is 4.79 Å². The number of fused-ring (bicyclic) bond motifs is 1. The first kappa shape index (κ1) is 12.2. The van der Waals surface area contributed by atoms with Crippen molar-refractivity contribution in [3.8, 4) is 5.75 Å². The Morgan fingerprint density at radius 2 is 2.41 bits per heavy atom. The molecule has 92 valence electrons. The van der Waals surface area contributed by atoms with E-state index >= 15 is 0 Å². The van der Waals surface area contributed by atoms with Crippen LogP contribution in [0.2, 0.25) is 0 Å². The number of carboxylic acids is 1. The minimum absolute atomic E-state index is 0.214. The molecule has 0 radical (unpaired) electrons. The van der Waals surface area contributed by atoms with Crippen molar-refractivity contribution in [1.29, 1.82) is 0 Å². The maximum atomic E-state index is 11.1. The van der Waals surface area contributed by atoms with Crippen LogP contribution in [0.3, 0.4) is 0 Å². The third-order valence-corrected chi connectivity index (χ3v) is 2.76. The number of hydrogen-bond acceptors (Lipinski definition) is 3. The van der Waals surface area contributed by atoms with E-state index in [0.29, 0.717) is 12.2 Å². The minimum Gasteiger partial charge on any atom is -0.493 e. The fraction of sp³-hybridized carbons (Fsp3) is 0.417. The van der Waals surface area contributed by atoms with E-state index in [1.165, 1.54) is 0 Å². The Bertz CT molecular complexity index is 419. The Labute approximate surface area is 104 Å². The highest BCUT2D eigenvalue weighted by atomic mass is 35.5. The van der Waals surface area contributed by atoms with Crippen LogP contribution < -0.4 is 4.74 Å². The third kappa shape index (κ3) is 2.70. The maximum Gasteiger partial charge on any atom is 0.337 e. The van der Waals surface area contributed by atoms with Crippen LogP contribution in [0.1, 0.15) is 17.2 Å². The van der Waals surface area contributed by atoms with Crippen molar-refractivity contribution in [2.45, 2.75) is 12.5 Å². The Balaban J connectivity index is 2.20. The van der Waals surface area contributed by atoms with Gasteiger partial charge in [-0.2, -0.15) is 0 Å². The maximum absolute atomic E-state index is 11.1. The Hall–Kier alpha value is -1.26. The molecule has 1 heterocycles. The van der Waals surface area contributed by atoms with Gasteiger partial charge in [-0.3, -0.25) is 0 Å². The molecule has 0 amide bonds. The molecule has 1 N–H and O–H groups in total. The molecular formula is C12H13ClO4. The second-order valence-electron chi connectivity index (χ2n) is 3.74. The van der Waals surface area contributed by atoms with Gasteiger partial charge in [-0.15, -0.1) is 11.6 Å². The van der Waals surface area contributed by atoms with Crippen molar-refractivity contribution < 1.29 is 19.4 Å². The number of carboxylic acid groups (broad SMARTS) is 1. The number of alkyl halides is 1. The quantitative estimate of drug-likeness (QED) is 0.819. The molecule has 1 atom stereocenters. The smallest absolute Gasteiger partial charge is 0.337 e. The Kier molecular flexibility index (Phi) is 3.86. The summed E-state index contributed by atoms with van der Waals surface area (Å²) in [6.45, 7) is 0.866. The Morgan fingerprint density at radius 1 is 1.59 bits per heavy atom. The number of ether oxygens (including phenoxy) is 2. The van der Waals surface area contributed by atoms with Gasteiger partial charge in [-0.1, -0.05) is 6.07 Å². The number of halogens is 1. The predicted octanol–water partition coefficient (Wildman–Crippen LogP) is 2.00. The van der Waals surface area contributed by atoms with Crippen molar-refractivity contribution in [1.82, 2.24) is 0 Å². The van der Waals surface area contributed by atoms with Crippen LogP contribution in [0.25, 0.3) is 0 Å².